The smallest absolute Gasteiger partial charge is 0.253 e. The fraction of sp³-hybridized carbons (Fsp3) is 0.667. The Morgan fingerprint density at radius 1 is 1.09 bits per heavy atom. The SMILES string of the molecule is CC(C)CCC(=O)N1CCCNC(=O)[C@H]2C[C@@H]3CCCN3[C@@]23C(=O)N(CCC1)c1ccccc13. The molecule has 7 nitrogen and oxygen atoms in total. The number of fused-ring (bicyclic) bond motifs is 4. The number of nitrogens with zero attached hydrogens (tertiary/aromatic N) is 3. The number of nitrogens with one attached hydrogen (secondary N) is 1. The zero-order valence-corrected chi connectivity index (χ0v) is 20.6. The van der Waals surface area contributed by atoms with Crippen molar-refractivity contribution in [3.63, 3.8) is 0 Å². The van der Waals surface area contributed by atoms with Gasteiger partial charge in [0.2, 0.25) is 11.8 Å². The van der Waals surface area contributed by atoms with Gasteiger partial charge in [0, 0.05) is 49.9 Å². The number of benzene rings is 1. The van der Waals surface area contributed by atoms with Crippen LogP contribution >= 0.6 is 0 Å². The minimum atomic E-state index is -0.886. The van der Waals surface area contributed by atoms with E-state index in [1.54, 1.807) is 0 Å². The van der Waals surface area contributed by atoms with Crippen LogP contribution in [0.3, 0.4) is 0 Å². The summed E-state index contributed by atoms with van der Waals surface area (Å²) in [5.41, 5.74) is 1.04. The van der Waals surface area contributed by atoms with E-state index in [4.69, 9.17) is 0 Å². The lowest BCUT2D eigenvalue weighted by Crippen LogP contribution is -2.56. The predicted octanol–water partition coefficient (Wildman–Crippen LogP) is 2.89. The standard InChI is InChI=1S/C27H38N4O3/c1-19(2)11-12-24(32)29-14-6-13-28-25(33)22-18-20-8-5-17-31(20)27(22)21-9-3-4-10-23(21)30(26(27)34)16-7-15-29/h3-4,9-10,19-20,22H,5-8,11-18H2,1-2H3,(H,28,33)/t20-,22+,27+/m0/s1. The molecule has 184 valence electrons. The Kier molecular flexibility index (Phi) is 6.40. The fourth-order valence-electron chi connectivity index (χ4n) is 6.74. The maximum atomic E-state index is 14.3. The van der Waals surface area contributed by atoms with Gasteiger partial charge in [-0.3, -0.25) is 19.3 Å². The molecule has 4 aliphatic heterocycles. The molecule has 0 aliphatic carbocycles. The number of carbonyl (C=O) groups is 3. The first-order valence-electron chi connectivity index (χ1n) is 13.2. The van der Waals surface area contributed by atoms with Gasteiger partial charge in [-0.15, -0.1) is 0 Å². The van der Waals surface area contributed by atoms with Crippen molar-refractivity contribution in [1.29, 1.82) is 0 Å². The molecular formula is C27H38N4O3. The van der Waals surface area contributed by atoms with Crippen LogP contribution in [0.15, 0.2) is 24.3 Å². The lowest BCUT2D eigenvalue weighted by atomic mass is 9.78. The number of carbonyl (C=O) groups excluding carboxylic acids is 3. The van der Waals surface area contributed by atoms with Crippen molar-refractivity contribution in [1.82, 2.24) is 15.1 Å². The third-order valence-electron chi connectivity index (χ3n) is 8.34. The number of para-hydroxylation sites is 1. The molecule has 2 bridgehead atoms. The van der Waals surface area contributed by atoms with Crippen molar-refractivity contribution in [2.24, 2.45) is 11.8 Å². The number of hydrogen-bond acceptors (Lipinski definition) is 4. The molecule has 0 radical (unpaired) electrons. The number of hydrogen-bond donors (Lipinski definition) is 1. The normalized spacial score (nSPS) is 29.7. The van der Waals surface area contributed by atoms with Crippen molar-refractivity contribution in [3.05, 3.63) is 29.8 Å². The first-order valence-corrected chi connectivity index (χ1v) is 13.2. The van der Waals surface area contributed by atoms with Gasteiger partial charge in [0.15, 0.2) is 0 Å². The maximum Gasteiger partial charge on any atom is 0.253 e. The van der Waals surface area contributed by atoms with E-state index in [0.29, 0.717) is 38.5 Å². The van der Waals surface area contributed by atoms with E-state index >= 15 is 0 Å². The zero-order valence-electron chi connectivity index (χ0n) is 20.6. The molecule has 3 saturated heterocycles. The van der Waals surface area contributed by atoms with Gasteiger partial charge in [-0.1, -0.05) is 32.0 Å². The summed E-state index contributed by atoms with van der Waals surface area (Å²) in [6, 6.07) is 8.34. The Balaban J connectivity index is 1.47. The van der Waals surface area contributed by atoms with Gasteiger partial charge in [-0.05, 0) is 57.1 Å². The summed E-state index contributed by atoms with van der Waals surface area (Å²) < 4.78 is 0. The Bertz CT molecular complexity index is 963. The Morgan fingerprint density at radius 3 is 2.71 bits per heavy atom. The molecule has 1 aromatic carbocycles. The lowest BCUT2D eigenvalue weighted by Gasteiger charge is -2.37. The van der Waals surface area contributed by atoms with Crippen LogP contribution in [0, 0.1) is 11.8 Å². The fourth-order valence-corrected chi connectivity index (χ4v) is 6.74. The van der Waals surface area contributed by atoms with Gasteiger partial charge in [0.1, 0.15) is 5.54 Å². The van der Waals surface area contributed by atoms with Crippen LogP contribution < -0.4 is 10.2 Å². The summed E-state index contributed by atoms with van der Waals surface area (Å²) >= 11 is 0. The van der Waals surface area contributed by atoms with Crippen LogP contribution in [-0.2, 0) is 19.9 Å². The number of rotatable bonds is 3. The highest BCUT2D eigenvalue weighted by Crippen LogP contribution is 2.57. The van der Waals surface area contributed by atoms with Crippen molar-refractivity contribution in [3.8, 4) is 0 Å². The molecule has 34 heavy (non-hydrogen) atoms. The zero-order chi connectivity index (χ0) is 23.9. The second-order valence-electron chi connectivity index (χ2n) is 10.8. The van der Waals surface area contributed by atoms with E-state index in [-0.39, 0.29) is 29.7 Å². The highest BCUT2D eigenvalue weighted by Gasteiger charge is 2.66. The minimum absolute atomic E-state index is 0.0173. The van der Waals surface area contributed by atoms with Crippen LogP contribution in [-0.4, -0.2) is 66.3 Å². The maximum absolute atomic E-state index is 14.3. The highest BCUT2D eigenvalue weighted by molar-refractivity contribution is 6.10. The Morgan fingerprint density at radius 2 is 1.88 bits per heavy atom. The first-order chi connectivity index (χ1) is 16.4. The Hall–Kier alpha value is -2.41. The molecule has 0 aromatic heterocycles. The molecule has 4 aliphatic rings. The number of anilines is 1. The van der Waals surface area contributed by atoms with E-state index in [0.717, 1.165) is 56.3 Å². The van der Waals surface area contributed by atoms with E-state index in [1.807, 2.05) is 28.0 Å². The quantitative estimate of drug-likeness (QED) is 0.744. The van der Waals surface area contributed by atoms with Crippen LogP contribution in [0.5, 0.6) is 0 Å². The molecule has 3 atom stereocenters. The Labute approximate surface area is 202 Å². The topological polar surface area (TPSA) is 73.0 Å². The average molecular weight is 467 g/mol. The molecular weight excluding hydrogens is 428 g/mol. The average Bonchev–Trinajstić information content (AvgIpc) is 3.47. The molecule has 5 rings (SSSR count). The van der Waals surface area contributed by atoms with Gasteiger partial charge in [0.25, 0.3) is 5.91 Å². The number of amides is 3. The predicted molar refractivity (Wildman–Crippen MR) is 131 cm³/mol. The van der Waals surface area contributed by atoms with Crippen molar-refractivity contribution < 1.29 is 14.4 Å². The van der Waals surface area contributed by atoms with Crippen molar-refractivity contribution >= 4 is 23.4 Å². The third kappa shape index (κ3) is 3.72. The molecule has 1 N–H and O–H groups in total. The van der Waals surface area contributed by atoms with Crippen molar-refractivity contribution in [2.75, 3.05) is 37.6 Å². The lowest BCUT2D eigenvalue weighted by molar-refractivity contribution is -0.138. The summed E-state index contributed by atoms with van der Waals surface area (Å²) in [7, 11) is 0. The van der Waals surface area contributed by atoms with E-state index in [2.05, 4.69) is 30.1 Å². The largest absolute Gasteiger partial charge is 0.356 e. The molecule has 1 aromatic rings. The van der Waals surface area contributed by atoms with Gasteiger partial charge >= 0.3 is 0 Å². The summed E-state index contributed by atoms with van der Waals surface area (Å²) in [6.45, 7) is 7.52. The summed E-state index contributed by atoms with van der Waals surface area (Å²) in [4.78, 5) is 46.9. The van der Waals surface area contributed by atoms with Crippen molar-refractivity contribution in [2.45, 2.75) is 70.4 Å². The van der Waals surface area contributed by atoms with Gasteiger partial charge in [0.05, 0.1) is 5.92 Å². The molecule has 0 saturated carbocycles. The molecule has 3 fully saturated rings. The van der Waals surface area contributed by atoms with E-state index < -0.39 is 5.54 Å². The van der Waals surface area contributed by atoms with E-state index in [9.17, 15) is 14.4 Å². The van der Waals surface area contributed by atoms with Gasteiger partial charge in [-0.25, -0.2) is 0 Å². The third-order valence-corrected chi connectivity index (χ3v) is 8.34. The summed E-state index contributed by atoms with van der Waals surface area (Å²) in [5, 5.41) is 3.15. The van der Waals surface area contributed by atoms with Crippen LogP contribution in [0.1, 0.15) is 64.4 Å². The molecule has 0 unspecified atom stereocenters. The minimum Gasteiger partial charge on any atom is -0.356 e. The highest BCUT2D eigenvalue weighted by atomic mass is 16.2. The second-order valence-corrected chi connectivity index (χ2v) is 10.8. The van der Waals surface area contributed by atoms with Crippen LogP contribution in [0.4, 0.5) is 5.69 Å². The molecule has 3 amide bonds. The van der Waals surface area contributed by atoms with E-state index in [1.165, 1.54) is 0 Å². The summed E-state index contributed by atoms with van der Waals surface area (Å²) in [6.07, 6.45) is 5.76. The molecule has 4 heterocycles. The first kappa shape index (κ1) is 23.3. The van der Waals surface area contributed by atoms with Gasteiger partial charge in [-0.2, -0.15) is 0 Å². The summed E-state index contributed by atoms with van der Waals surface area (Å²) in [5.74, 6) is 0.326. The second kappa shape index (κ2) is 9.33. The van der Waals surface area contributed by atoms with Gasteiger partial charge < -0.3 is 15.1 Å². The molecule has 1 spiro atoms. The van der Waals surface area contributed by atoms with Crippen LogP contribution in [0.25, 0.3) is 0 Å². The monoisotopic (exact) mass is 466 g/mol. The molecule has 7 heteroatoms. The van der Waals surface area contributed by atoms with Crippen LogP contribution in [0.2, 0.25) is 0 Å².